The number of methoxy groups -OCH3 is 2. The van der Waals surface area contributed by atoms with Gasteiger partial charge in [-0.25, -0.2) is 14.2 Å². The van der Waals surface area contributed by atoms with Crippen LogP contribution in [-0.4, -0.2) is 38.6 Å². The first-order chi connectivity index (χ1) is 13.9. The van der Waals surface area contributed by atoms with Crippen LogP contribution in [0.25, 0.3) is 6.08 Å². The van der Waals surface area contributed by atoms with Gasteiger partial charge in [-0.15, -0.1) is 0 Å². The van der Waals surface area contributed by atoms with E-state index in [9.17, 15) is 14.0 Å². The van der Waals surface area contributed by atoms with Gasteiger partial charge in [-0.3, -0.25) is 4.79 Å². The van der Waals surface area contributed by atoms with E-state index < -0.39 is 17.7 Å². The lowest BCUT2D eigenvalue weighted by Crippen LogP contribution is -2.20. The molecule has 0 unspecified atom stereocenters. The molecule has 0 saturated heterocycles. The van der Waals surface area contributed by atoms with Gasteiger partial charge in [0.2, 0.25) is 11.6 Å². The van der Waals surface area contributed by atoms with Crippen LogP contribution in [-0.2, 0) is 14.3 Å². The number of nitrogens with two attached hydrogens (primary N) is 1. The van der Waals surface area contributed by atoms with Crippen molar-refractivity contribution in [1.29, 1.82) is 0 Å². The average molecular weight is 400 g/mol. The molecule has 0 aliphatic carbocycles. The maximum absolute atomic E-state index is 13.9. The fourth-order valence-corrected chi connectivity index (χ4v) is 2.59. The lowest BCUT2D eigenvalue weighted by molar-refractivity contribution is -0.130. The van der Waals surface area contributed by atoms with Gasteiger partial charge in [0.1, 0.15) is 5.82 Å². The van der Waals surface area contributed by atoms with Crippen LogP contribution in [0.5, 0.6) is 17.2 Å². The van der Waals surface area contributed by atoms with Crippen molar-refractivity contribution in [2.24, 2.45) is 10.7 Å². The first-order valence-corrected chi connectivity index (χ1v) is 8.37. The van der Waals surface area contributed by atoms with Crippen molar-refractivity contribution < 1.29 is 32.9 Å². The number of nitrogens with zero attached hydrogens (tertiary/aromatic N) is 1. The molecule has 0 fully saturated rings. The molecular weight excluding hydrogens is 383 g/mol. The van der Waals surface area contributed by atoms with Gasteiger partial charge in [-0.2, -0.15) is 0 Å². The van der Waals surface area contributed by atoms with E-state index in [1.165, 1.54) is 38.5 Å². The van der Waals surface area contributed by atoms with E-state index in [4.69, 9.17) is 24.7 Å². The molecule has 29 heavy (non-hydrogen) atoms. The smallest absolute Gasteiger partial charge is 0.363 e. The number of halogens is 1. The molecule has 0 bridgehead atoms. The second kappa shape index (κ2) is 8.42. The number of hydrogen-bond donors (Lipinski definition) is 1. The summed E-state index contributed by atoms with van der Waals surface area (Å²) in [6.07, 6.45) is 1.43. The van der Waals surface area contributed by atoms with Crippen LogP contribution in [0.3, 0.4) is 0 Å². The van der Waals surface area contributed by atoms with Crippen molar-refractivity contribution in [3.8, 4) is 17.2 Å². The molecule has 0 saturated carbocycles. The summed E-state index contributed by atoms with van der Waals surface area (Å²) < 4.78 is 34.9. The standard InChI is InChI=1S/C20H17FN2O6/c1-26-15-8-11(9-16(27-2)18(15)28-10-17(22)24)7-14-20(25)29-19(23-14)12-5-3-4-6-13(12)21/h3-9H,10H2,1-2H3,(H2,22,24)/b14-7-. The lowest BCUT2D eigenvalue weighted by Gasteiger charge is -2.14. The van der Waals surface area contributed by atoms with Crippen LogP contribution in [0, 0.1) is 5.82 Å². The number of esters is 1. The molecule has 0 radical (unpaired) electrons. The summed E-state index contributed by atoms with van der Waals surface area (Å²) >= 11 is 0. The lowest BCUT2D eigenvalue weighted by atomic mass is 10.1. The summed E-state index contributed by atoms with van der Waals surface area (Å²) in [6.45, 7) is -0.365. The minimum absolute atomic E-state index is 0.0295. The monoisotopic (exact) mass is 400 g/mol. The van der Waals surface area contributed by atoms with Crippen molar-refractivity contribution in [3.05, 3.63) is 59.0 Å². The second-order valence-electron chi connectivity index (χ2n) is 5.83. The van der Waals surface area contributed by atoms with E-state index in [0.717, 1.165) is 0 Å². The Morgan fingerprint density at radius 2 is 1.86 bits per heavy atom. The van der Waals surface area contributed by atoms with E-state index in [-0.39, 0.29) is 41.0 Å². The maximum Gasteiger partial charge on any atom is 0.363 e. The highest BCUT2D eigenvalue weighted by molar-refractivity contribution is 6.13. The van der Waals surface area contributed by atoms with E-state index in [2.05, 4.69) is 4.99 Å². The van der Waals surface area contributed by atoms with Crippen molar-refractivity contribution in [2.75, 3.05) is 20.8 Å². The Bertz CT molecular complexity index is 1010. The van der Waals surface area contributed by atoms with E-state index in [1.807, 2.05) is 0 Å². The van der Waals surface area contributed by atoms with Gasteiger partial charge in [0.15, 0.2) is 23.8 Å². The van der Waals surface area contributed by atoms with Crippen LogP contribution < -0.4 is 19.9 Å². The minimum Gasteiger partial charge on any atom is -0.493 e. The van der Waals surface area contributed by atoms with Gasteiger partial charge in [-0.1, -0.05) is 12.1 Å². The zero-order valence-electron chi connectivity index (χ0n) is 15.6. The summed E-state index contributed by atoms with van der Waals surface area (Å²) in [7, 11) is 2.81. The predicted molar refractivity (Wildman–Crippen MR) is 101 cm³/mol. The Labute approximate surface area is 165 Å². The number of cyclic esters (lactones) is 1. The van der Waals surface area contributed by atoms with Crippen molar-refractivity contribution in [3.63, 3.8) is 0 Å². The Hall–Kier alpha value is -3.88. The highest BCUT2D eigenvalue weighted by atomic mass is 19.1. The highest BCUT2D eigenvalue weighted by Crippen LogP contribution is 2.39. The van der Waals surface area contributed by atoms with Gasteiger partial charge in [0.25, 0.3) is 5.91 Å². The van der Waals surface area contributed by atoms with Crippen LogP contribution in [0.2, 0.25) is 0 Å². The molecule has 2 aromatic carbocycles. The van der Waals surface area contributed by atoms with E-state index in [0.29, 0.717) is 5.56 Å². The fraction of sp³-hybridized carbons (Fsp3) is 0.150. The van der Waals surface area contributed by atoms with Crippen LogP contribution in [0.15, 0.2) is 47.1 Å². The Balaban J connectivity index is 1.98. The fourth-order valence-electron chi connectivity index (χ4n) is 2.59. The second-order valence-corrected chi connectivity index (χ2v) is 5.83. The van der Waals surface area contributed by atoms with Crippen molar-refractivity contribution >= 4 is 23.9 Å². The van der Waals surface area contributed by atoms with Gasteiger partial charge in [0, 0.05) is 0 Å². The molecule has 9 heteroatoms. The SMILES string of the molecule is COc1cc(/C=C2\N=C(c3ccccc3F)OC2=O)cc(OC)c1OCC(N)=O. The Kier molecular flexibility index (Phi) is 5.77. The minimum atomic E-state index is -0.727. The highest BCUT2D eigenvalue weighted by Gasteiger charge is 2.26. The first-order valence-electron chi connectivity index (χ1n) is 8.37. The van der Waals surface area contributed by atoms with Crippen molar-refractivity contribution in [1.82, 2.24) is 0 Å². The maximum atomic E-state index is 13.9. The molecule has 2 aromatic rings. The normalized spacial score (nSPS) is 14.4. The third-order valence-corrected chi connectivity index (χ3v) is 3.87. The summed E-state index contributed by atoms with van der Waals surface area (Å²) in [4.78, 5) is 27.2. The van der Waals surface area contributed by atoms with Crippen LogP contribution >= 0.6 is 0 Å². The third kappa shape index (κ3) is 4.34. The van der Waals surface area contributed by atoms with Gasteiger partial charge >= 0.3 is 5.97 Å². The molecule has 0 spiro atoms. The number of carbonyl (C=O) groups excluding carboxylic acids is 2. The van der Waals surface area contributed by atoms with E-state index >= 15 is 0 Å². The van der Waals surface area contributed by atoms with Gasteiger partial charge in [-0.05, 0) is 35.9 Å². The molecular formula is C20H17FN2O6. The topological polar surface area (TPSA) is 109 Å². The zero-order chi connectivity index (χ0) is 21.0. The number of carbonyl (C=O) groups is 2. The molecule has 0 aromatic heterocycles. The Morgan fingerprint density at radius 3 is 2.45 bits per heavy atom. The predicted octanol–water partition coefficient (Wildman–Crippen LogP) is 2.05. The largest absolute Gasteiger partial charge is 0.493 e. The molecule has 1 amide bonds. The summed E-state index contributed by atoms with van der Waals surface area (Å²) in [5.74, 6) is -1.39. The number of primary amides is 1. The van der Waals surface area contributed by atoms with Crippen molar-refractivity contribution in [2.45, 2.75) is 0 Å². The zero-order valence-corrected chi connectivity index (χ0v) is 15.6. The van der Waals surface area contributed by atoms with E-state index in [1.54, 1.807) is 18.2 Å². The number of rotatable bonds is 7. The quantitative estimate of drug-likeness (QED) is 0.563. The van der Waals surface area contributed by atoms with Gasteiger partial charge < -0.3 is 24.7 Å². The third-order valence-electron chi connectivity index (χ3n) is 3.87. The number of amides is 1. The number of benzene rings is 2. The molecule has 0 atom stereocenters. The van der Waals surface area contributed by atoms with Crippen LogP contribution in [0.4, 0.5) is 4.39 Å². The summed E-state index contributed by atoms with van der Waals surface area (Å²) in [5, 5.41) is 0. The molecule has 1 aliphatic heterocycles. The molecule has 8 nitrogen and oxygen atoms in total. The number of hydrogen-bond acceptors (Lipinski definition) is 7. The first kappa shape index (κ1) is 19.9. The molecule has 3 rings (SSSR count). The molecule has 150 valence electrons. The van der Waals surface area contributed by atoms with Crippen LogP contribution in [0.1, 0.15) is 11.1 Å². The number of aliphatic imine (C=N–C) groups is 1. The van der Waals surface area contributed by atoms with Gasteiger partial charge in [0.05, 0.1) is 19.8 Å². The summed E-state index contributed by atoms with van der Waals surface area (Å²) in [5.41, 5.74) is 5.63. The molecule has 1 heterocycles. The molecule has 2 N–H and O–H groups in total. The average Bonchev–Trinajstić information content (AvgIpc) is 3.06. The summed E-state index contributed by atoms with van der Waals surface area (Å²) in [6, 6.07) is 8.94. The molecule has 1 aliphatic rings. The number of ether oxygens (including phenoxy) is 4. The Morgan fingerprint density at radius 1 is 1.21 bits per heavy atom.